The Balaban J connectivity index is 1.49. The molecular weight excluding hydrogens is 778 g/mol. The highest BCUT2D eigenvalue weighted by molar-refractivity contribution is 8.00. The fourth-order valence-corrected chi connectivity index (χ4v) is 12.0. The minimum atomic E-state index is -5.19. The van der Waals surface area contributed by atoms with Crippen LogP contribution in [0.2, 0.25) is 0 Å². The van der Waals surface area contributed by atoms with Crippen molar-refractivity contribution < 1.29 is 47.4 Å². The summed E-state index contributed by atoms with van der Waals surface area (Å²) in [7, 11) is -3.87. The molecule has 0 amide bonds. The van der Waals surface area contributed by atoms with Crippen LogP contribution in [-0.2, 0) is 30.0 Å². The number of ketones is 1. The van der Waals surface area contributed by atoms with Gasteiger partial charge in [0.05, 0.1) is 35.2 Å². The summed E-state index contributed by atoms with van der Waals surface area (Å²) in [5.74, 6) is -0.861. The van der Waals surface area contributed by atoms with E-state index in [-0.39, 0.29) is 23.9 Å². The van der Waals surface area contributed by atoms with Gasteiger partial charge in [0.15, 0.2) is 22.7 Å². The number of anilines is 1. The maximum absolute atomic E-state index is 15.4. The summed E-state index contributed by atoms with van der Waals surface area (Å²) in [4.78, 5) is 50.3. The normalized spacial score (nSPS) is 29.4. The number of nitrogens with one attached hydrogen (secondary N) is 1. The highest BCUT2D eigenvalue weighted by Crippen LogP contribution is 2.73. The van der Waals surface area contributed by atoms with E-state index in [1.54, 1.807) is 24.8 Å². The molecule has 4 fully saturated rings. The minimum Gasteiger partial charge on any atom is -0.482 e. The van der Waals surface area contributed by atoms with Crippen molar-refractivity contribution in [3.05, 3.63) is 87.6 Å². The largest absolute Gasteiger partial charge is 0.524 e. The van der Waals surface area contributed by atoms with E-state index in [0.29, 0.717) is 58.7 Å². The second kappa shape index (κ2) is 14.0. The molecule has 2 aromatic rings. The average Bonchev–Trinajstić information content (AvgIpc) is 3.23. The number of phosphoric acid groups is 1. The molecule has 4 aliphatic heterocycles. The van der Waals surface area contributed by atoms with Crippen molar-refractivity contribution in [1.82, 2.24) is 0 Å². The van der Waals surface area contributed by atoms with Gasteiger partial charge >= 0.3 is 13.8 Å². The van der Waals surface area contributed by atoms with E-state index in [0.717, 1.165) is 28.1 Å². The first-order valence-electron chi connectivity index (χ1n) is 19.8. The molecule has 2 aromatic carbocycles. The third-order valence-corrected chi connectivity index (χ3v) is 14.4. The number of esters is 1. The predicted octanol–water partition coefficient (Wildman–Crippen LogP) is 9.28. The maximum Gasteiger partial charge on any atom is 0.524 e. The van der Waals surface area contributed by atoms with Gasteiger partial charge in [-0.15, -0.1) is 11.8 Å². The number of hydrogen-bond acceptors (Lipinski definition) is 10. The SMILES string of the molecule is COC(=O)/C(C)=C\CC12OC(C)(C)C3CC(C1=O)C1Sc4ccccc4NC4=C1C32Oc1c(CC=C(C)C)c2c(c(OP(=O)(O)O)c14)C=CC(C)(CCC=C(C)C)O2. The molecule has 308 valence electrons. The predicted molar refractivity (Wildman–Crippen MR) is 224 cm³/mol. The van der Waals surface area contributed by atoms with Crippen LogP contribution in [-0.4, -0.2) is 56.3 Å². The van der Waals surface area contributed by atoms with E-state index in [1.165, 1.54) is 12.7 Å². The zero-order valence-corrected chi connectivity index (χ0v) is 36.2. The van der Waals surface area contributed by atoms with E-state index in [4.69, 9.17) is 23.5 Å². The Labute approximate surface area is 344 Å². The van der Waals surface area contributed by atoms with Gasteiger partial charge in [-0.2, -0.15) is 0 Å². The molecule has 58 heavy (non-hydrogen) atoms. The molecule has 1 saturated heterocycles. The van der Waals surface area contributed by atoms with Gasteiger partial charge in [-0.3, -0.25) is 14.6 Å². The summed E-state index contributed by atoms with van der Waals surface area (Å²) < 4.78 is 45.8. The Morgan fingerprint density at radius 3 is 2.45 bits per heavy atom. The molecule has 7 aliphatic rings. The Hall–Kier alpha value is -4.06. The fourth-order valence-electron chi connectivity index (χ4n) is 10.1. The highest BCUT2D eigenvalue weighted by Gasteiger charge is 2.83. The van der Waals surface area contributed by atoms with Gasteiger partial charge in [0, 0.05) is 45.1 Å². The maximum atomic E-state index is 15.4. The van der Waals surface area contributed by atoms with Gasteiger partial charge in [0.2, 0.25) is 0 Å². The molecule has 3 aliphatic carbocycles. The number of allylic oxidation sites excluding steroid dienone is 4. The van der Waals surface area contributed by atoms with Crippen LogP contribution in [0.4, 0.5) is 5.69 Å². The lowest BCUT2D eigenvalue weighted by Gasteiger charge is -2.60. The minimum absolute atomic E-state index is 0.0292. The fraction of sp³-hybridized carbons (Fsp3) is 0.467. The van der Waals surface area contributed by atoms with Gasteiger partial charge in [-0.1, -0.05) is 41.5 Å². The Morgan fingerprint density at radius 2 is 1.76 bits per heavy atom. The highest BCUT2D eigenvalue weighted by atomic mass is 32.2. The van der Waals surface area contributed by atoms with E-state index in [1.807, 2.05) is 84.9 Å². The second-order valence-electron chi connectivity index (χ2n) is 17.6. The first-order chi connectivity index (χ1) is 27.3. The molecule has 6 unspecified atom stereocenters. The Bertz CT molecular complexity index is 2350. The van der Waals surface area contributed by atoms with Crippen LogP contribution in [0.1, 0.15) is 97.8 Å². The van der Waals surface area contributed by atoms with Crippen LogP contribution in [0.15, 0.2) is 75.8 Å². The average molecular weight is 830 g/mol. The number of thioether (sulfide) groups is 1. The molecule has 13 heteroatoms. The van der Waals surface area contributed by atoms with Crippen LogP contribution in [0.5, 0.6) is 17.2 Å². The van der Waals surface area contributed by atoms with Gasteiger partial charge < -0.3 is 28.8 Å². The van der Waals surface area contributed by atoms with Crippen molar-refractivity contribution in [2.45, 2.75) is 120 Å². The van der Waals surface area contributed by atoms with Crippen LogP contribution >= 0.6 is 19.6 Å². The third kappa shape index (κ3) is 6.24. The molecule has 3 saturated carbocycles. The van der Waals surface area contributed by atoms with Crippen molar-refractivity contribution in [3.63, 3.8) is 0 Å². The number of ether oxygens (including phenoxy) is 4. The monoisotopic (exact) mass is 829 g/mol. The van der Waals surface area contributed by atoms with E-state index in [9.17, 15) is 19.1 Å². The number of fused-ring (bicyclic) bond motifs is 4. The summed E-state index contributed by atoms with van der Waals surface area (Å²) in [5, 5.41) is 3.30. The molecule has 4 bridgehead atoms. The zero-order chi connectivity index (χ0) is 41.7. The topological polar surface area (TPSA) is 150 Å². The standard InChI is InChI=1S/C45H52NO10PS/c1-24(2)13-12-20-43(8)21-19-28-36(53-43)27(17-16-25(3)4)37-33(38(28)55-57(49,50)51)35-34-39(58-31-15-11-10-14-30(31)46-35)29-23-32-42(6,7)56-44(40(29)47,45(32,34)54-37)22-18-26(5)41(48)52-9/h10-11,13-16,18-19,21,29,32,39,46H,12,17,20,22-23H2,1-9H3,(H2,49,50,51)/b26-18-. The molecule has 0 radical (unpaired) electrons. The first-order valence-corrected chi connectivity index (χ1v) is 22.3. The van der Waals surface area contributed by atoms with Gasteiger partial charge in [-0.25, -0.2) is 9.36 Å². The number of benzene rings is 2. The molecular formula is C45H52NO10PS. The molecule has 0 aromatic heterocycles. The second-order valence-corrected chi connectivity index (χ2v) is 19.9. The number of methoxy groups -OCH3 is 1. The van der Waals surface area contributed by atoms with Crippen molar-refractivity contribution >= 4 is 48.8 Å². The number of carbonyl (C=O) groups excluding carboxylic acids is 2. The summed E-state index contributed by atoms with van der Waals surface area (Å²) in [5.41, 5.74) is 1.38. The van der Waals surface area contributed by atoms with Crippen molar-refractivity contribution in [3.8, 4) is 17.2 Å². The smallest absolute Gasteiger partial charge is 0.482 e. The van der Waals surface area contributed by atoms with Crippen LogP contribution in [0.25, 0.3) is 11.8 Å². The molecule has 6 atom stereocenters. The van der Waals surface area contributed by atoms with Crippen molar-refractivity contribution in [2.75, 3.05) is 12.4 Å². The zero-order valence-electron chi connectivity index (χ0n) is 34.5. The Kier molecular flexibility index (Phi) is 9.84. The lowest BCUT2D eigenvalue weighted by Crippen LogP contribution is -2.75. The summed E-state index contributed by atoms with van der Waals surface area (Å²) in [6.45, 7) is 15.7. The number of para-hydroxylation sites is 1. The quantitative estimate of drug-likeness (QED) is 0.0907. The summed E-state index contributed by atoms with van der Waals surface area (Å²) in [6.07, 6.45) is 11.9. The van der Waals surface area contributed by atoms with Crippen molar-refractivity contribution in [2.24, 2.45) is 11.8 Å². The van der Waals surface area contributed by atoms with Crippen LogP contribution in [0, 0.1) is 11.8 Å². The molecule has 4 heterocycles. The van der Waals surface area contributed by atoms with Gasteiger partial charge in [-0.05, 0) is 105 Å². The molecule has 9 rings (SSSR count). The van der Waals surface area contributed by atoms with E-state index in [2.05, 4.69) is 17.5 Å². The summed E-state index contributed by atoms with van der Waals surface area (Å²) in [6, 6.07) is 7.84. The van der Waals surface area contributed by atoms with Crippen LogP contribution in [0.3, 0.4) is 0 Å². The number of hydrogen-bond donors (Lipinski definition) is 3. The van der Waals surface area contributed by atoms with E-state index < -0.39 is 47.4 Å². The third-order valence-electron chi connectivity index (χ3n) is 12.6. The van der Waals surface area contributed by atoms with Crippen LogP contribution < -0.4 is 19.3 Å². The molecule has 3 N–H and O–H groups in total. The number of carbonyl (C=O) groups is 2. The lowest BCUT2D eigenvalue weighted by molar-refractivity contribution is -0.176. The molecule has 1 spiro atoms. The number of rotatable bonds is 10. The van der Waals surface area contributed by atoms with Gasteiger partial charge in [0.1, 0.15) is 17.1 Å². The Morgan fingerprint density at radius 1 is 1.03 bits per heavy atom. The van der Waals surface area contributed by atoms with Gasteiger partial charge in [0.25, 0.3) is 0 Å². The molecule has 11 nitrogen and oxygen atoms in total. The summed E-state index contributed by atoms with van der Waals surface area (Å²) >= 11 is 1.58. The number of Topliss-reactive ketones (excluding diaryl/α,β-unsaturated/α-hetero) is 1. The van der Waals surface area contributed by atoms with Crippen molar-refractivity contribution in [1.29, 1.82) is 0 Å². The first kappa shape index (κ1) is 40.7. The lowest BCUT2D eigenvalue weighted by atomic mass is 9.49. The van der Waals surface area contributed by atoms with E-state index >= 15 is 4.79 Å². The number of phosphoric ester groups is 1.